The van der Waals surface area contributed by atoms with Gasteiger partial charge in [-0.05, 0) is 25.7 Å². The number of hydrogen-bond acceptors (Lipinski definition) is 4. The van der Waals surface area contributed by atoms with Crippen molar-refractivity contribution in [1.29, 1.82) is 0 Å². The number of carboxylic acid groups (broad SMARTS) is 1. The van der Waals surface area contributed by atoms with Crippen LogP contribution in [0.5, 0.6) is 0 Å². The fraction of sp³-hybridized carbons (Fsp3) is 0.846. The number of ether oxygens (including phenoxy) is 2. The molecular formula is C13H24N2O5. The molecule has 7 nitrogen and oxygen atoms in total. The number of hydrogen-bond donors (Lipinski definition) is 2. The van der Waals surface area contributed by atoms with E-state index < -0.39 is 5.97 Å². The fourth-order valence-corrected chi connectivity index (χ4v) is 2.24. The molecule has 0 aliphatic carbocycles. The first kappa shape index (κ1) is 16.7. The van der Waals surface area contributed by atoms with Crippen LogP contribution in [0.2, 0.25) is 0 Å². The lowest BCUT2D eigenvalue weighted by Gasteiger charge is -2.30. The molecule has 2 N–H and O–H groups in total. The van der Waals surface area contributed by atoms with Crippen molar-refractivity contribution in [2.45, 2.75) is 25.8 Å². The van der Waals surface area contributed by atoms with Gasteiger partial charge in [0.15, 0.2) is 0 Å². The summed E-state index contributed by atoms with van der Waals surface area (Å²) in [5.74, 6) is -0.656. The number of aliphatic carboxylic acids is 1. The topological polar surface area (TPSA) is 88.1 Å². The lowest BCUT2D eigenvalue weighted by Crippen LogP contribution is -2.49. The predicted molar refractivity (Wildman–Crippen MR) is 72.6 cm³/mol. The van der Waals surface area contributed by atoms with Gasteiger partial charge in [-0.25, -0.2) is 4.79 Å². The van der Waals surface area contributed by atoms with E-state index in [1.807, 2.05) is 6.92 Å². The highest BCUT2D eigenvalue weighted by molar-refractivity contribution is 5.80. The average molecular weight is 288 g/mol. The lowest BCUT2D eigenvalue weighted by atomic mass is 9.93. The third-order valence-electron chi connectivity index (χ3n) is 3.50. The van der Waals surface area contributed by atoms with Crippen LogP contribution in [0.3, 0.4) is 0 Å². The van der Waals surface area contributed by atoms with E-state index in [0.717, 1.165) is 12.8 Å². The minimum absolute atomic E-state index is 0.00485. The molecule has 116 valence electrons. The summed E-state index contributed by atoms with van der Waals surface area (Å²) in [6.07, 6.45) is 1.83. The Kier molecular flexibility index (Phi) is 7.32. The van der Waals surface area contributed by atoms with Crippen molar-refractivity contribution in [2.24, 2.45) is 5.92 Å². The Morgan fingerprint density at radius 2 is 2.10 bits per heavy atom. The van der Waals surface area contributed by atoms with Crippen LogP contribution < -0.4 is 5.32 Å². The number of amides is 2. The summed E-state index contributed by atoms with van der Waals surface area (Å²) in [6.45, 7) is 3.63. The molecule has 1 heterocycles. The van der Waals surface area contributed by atoms with E-state index in [-0.39, 0.29) is 25.2 Å². The van der Waals surface area contributed by atoms with Crippen molar-refractivity contribution in [1.82, 2.24) is 10.2 Å². The minimum Gasteiger partial charge on any atom is -0.480 e. The van der Waals surface area contributed by atoms with Crippen molar-refractivity contribution in [2.75, 3.05) is 40.0 Å². The SMILES string of the molecule is COCCN(CC(=O)O)C(=O)NC(C)C1CCOCC1. The quantitative estimate of drug-likeness (QED) is 0.714. The molecule has 0 aromatic heterocycles. The number of urea groups is 1. The van der Waals surface area contributed by atoms with Gasteiger partial charge in [0, 0.05) is 32.9 Å². The summed E-state index contributed by atoms with van der Waals surface area (Å²) in [5.41, 5.74) is 0. The second-order valence-corrected chi connectivity index (χ2v) is 5.00. The molecule has 1 rings (SSSR count). The molecule has 0 aromatic rings. The van der Waals surface area contributed by atoms with Gasteiger partial charge in [-0.15, -0.1) is 0 Å². The predicted octanol–water partition coefficient (Wildman–Crippen LogP) is 0.544. The highest BCUT2D eigenvalue weighted by Gasteiger charge is 2.24. The van der Waals surface area contributed by atoms with Gasteiger partial charge in [0.2, 0.25) is 0 Å². The number of carbonyl (C=O) groups is 2. The molecule has 0 aromatic carbocycles. The second-order valence-electron chi connectivity index (χ2n) is 5.00. The maximum absolute atomic E-state index is 12.1. The van der Waals surface area contributed by atoms with Crippen LogP contribution in [0.4, 0.5) is 4.79 Å². The van der Waals surface area contributed by atoms with Gasteiger partial charge in [0.1, 0.15) is 6.54 Å². The number of rotatable bonds is 7. The van der Waals surface area contributed by atoms with Crippen molar-refractivity contribution in [3.8, 4) is 0 Å². The number of carbonyl (C=O) groups excluding carboxylic acids is 1. The van der Waals surface area contributed by atoms with E-state index in [1.54, 1.807) is 0 Å². The second kappa shape index (κ2) is 8.76. The molecule has 0 spiro atoms. The third kappa shape index (κ3) is 5.75. The normalized spacial score (nSPS) is 17.5. The van der Waals surface area contributed by atoms with E-state index in [9.17, 15) is 9.59 Å². The Morgan fingerprint density at radius 3 is 2.65 bits per heavy atom. The monoisotopic (exact) mass is 288 g/mol. The molecule has 0 radical (unpaired) electrons. The summed E-state index contributed by atoms with van der Waals surface area (Å²) >= 11 is 0. The van der Waals surface area contributed by atoms with Gasteiger partial charge in [0.25, 0.3) is 0 Å². The molecule has 2 amide bonds. The summed E-state index contributed by atoms with van der Waals surface area (Å²) in [5, 5.41) is 11.7. The standard InChI is InChI=1S/C13H24N2O5/c1-10(11-3-6-20-7-4-11)14-13(18)15(5-8-19-2)9-12(16)17/h10-11H,3-9H2,1-2H3,(H,14,18)(H,16,17). The molecule has 0 bridgehead atoms. The fourth-order valence-electron chi connectivity index (χ4n) is 2.24. The molecular weight excluding hydrogens is 264 g/mol. The first-order valence-corrected chi connectivity index (χ1v) is 6.88. The van der Waals surface area contributed by atoms with Crippen LogP contribution in [0.1, 0.15) is 19.8 Å². The van der Waals surface area contributed by atoms with E-state index in [4.69, 9.17) is 14.6 Å². The number of methoxy groups -OCH3 is 1. The number of nitrogens with one attached hydrogen (secondary N) is 1. The zero-order valence-electron chi connectivity index (χ0n) is 12.1. The van der Waals surface area contributed by atoms with E-state index in [1.165, 1.54) is 12.0 Å². The van der Waals surface area contributed by atoms with Crippen molar-refractivity contribution >= 4 is 12.0 Å². The summed E-state index contributed by atoms with van der Waals surface area (Å²) in [7, 11) is 1.52. The third-order valence-corrected chi connectivity index (χ3v) is 3.50. The first-order chi connectivity index (χ1) is 9.54. The Hall–Kier alpha value is -1.34. The van der Waals surface area contributed by atoms with Gasteiger partial charge in [-0.1, -0.05) is 0 Å². The molecule has 0 saturated carbocycles. The Bertz CT molecular complexity index is 318. The highest BCUT2D eigenvalue weighted by Crippen LogP contribution is 2.18. The summed E-state index contributed by atoms with van der Waals surface area (Å²) in [4.78, 5) is 24.1. The van der Waals surface area contributed by atoms with E-state index in [0.29, 0.717) is 25.7 Å². The van der Waals surface area contributed by atoms with Gasteiger partial charge in [-0.2, -0.15) is 0 Å². The smallest absolute Gasteiger partial charge is 0.323 e. The minimum atomic E-state index is -1.03. The molecule has 1 aliphatic rings. The van der Waals surface area contributed by atoms with Crippen LogP contribution >= 0.6 is 0 Å². The van der Waals surface area contributed by atoms with Crippen LogP contribution in [0, 0.1) is 5.92 Å². The van der Waals surface area contributed by atoms with Gasteiger partial charge >= 0.3 is 12.0 Å². The van der Waals surface area contributed by atoms with Crippen LogP contribution in [-0.4, -0.2) is 68.1 Å². The maximum atomic E-state index is 12.1. The number of carboxylic acids is 1. The van der Waals surface area contributed by atoms with E-state index >= 15 is 0 Å². The van der Waals surface area contributed by atoms with Crippen molar-refractivity contribution < 1.29 is 24.2 Å². The Labute approximate surface area is 119 Å². The molecule has 20 heavy (non-hydrogen) atoms. The van der Waals surface area contributed by atoms with Crippen molar-refractivity contribution in [3.05, 3.63) is 0 Å². The Morgan fingerprint density at radius 1 is 1.45 bits per heavy atom. The van der Waals surface area contributed by atoms with Crippen LogP contribution in [0.25, 0.3) is 0 Å². The van der Waals surface area contributed by atoms with Crippen molar-refractivity contribution in [3.63, 3.8) is 0 Å². The zero-order chi connectivity index (χ0) is 15.0. The molecule has 1 aliphatic heterocycles. The molecule has 1 fully saturated rings. The summed E-state index contributed by atoms with van der Waals surface area (Å²) < 4.78 is 10.2. The van der Waals surface area contributed by atoms with Gasteiger partial charge in [-0.3, -0.25) is 4.79 Å². The average Bonchev–Trinajstić information content (AvgIpc) is 2.43. The largest absolute Gasteiger partial charge is 0.480 e. The highest BCUT2D eigenvalue weighted by atomic mass is 16.5. The zero-order valence-corrected chi connectivity index (χ0v) is 12.1. The molecule has 1 atom stereocenters. The van der Waals surface area contributed by atoms with Crippen LogP contribution in [-0.2, 0) is 14.3 Å². The van der Waals surface area contributed by atoms with Gasteiger partial charge < -0.3 is 24.8 Å². The van der Waals surface area contributed by atoms with E-state index in [2.05, 4.69) is 5.32 Å². The molecule has 1 saturated heterocycles. The van der Waals surface area contributed by atoms with Crippen LogP contribution in [0.15, 0.2) is 0 Å². The first-order valence-electron chi connectivity index (χ1n) is 6.88. The van der Waals surface area contributed by atoms with Gasteiger partial charge in [0.05, 0.1) is 6.61 Å². The Balaban J connectivity index is 2.48. The maximum Gasteiger partial charge on any atom is 0.323 e. The molecule has 1 unspecified atom stereocenters. The summed E-state index contributed by atoms with van der Waals surface area (Å²) in [6, 6.07) is -0.353. The lowest BCUT2D eigenvalue weighted by molar-refractivity contribution is -0.137. The number of nitrogens with zero attached hydrogens (tertiary/aromatic N) is 1. The molecule has 7 heteroatoms.